The van der Waals surface area contributed by atoms with E-state index in [4.69, 9.17) is 9.05 Å². The fraction of sp³-hybridized carbons (Fsp3) is 0.500. The van der Waals surface area contributed by atoms with Crippen molar-refractivity contribution in [3.05, 3.63) is 58.7 Å². The summed E-state index contributed by atoms with van der Waals surface area (Å²) in [6.45, 7) is 16.3. The Morgan fingerprint density at radius 1 is 0.767 bits per heavy atom. The van der Waals surface area contributed by atoms with Crippen molar-refractivity contribution in [3.63, 3.8) is 0 Å². The van der Waals surface area contributed by atoms with E-state index in [1.54, 1.807) is 12.1 Å². The third-order valence-corrected chi connectivity index (χ3v) is 5.78. The van der Waals surface area contributed by atoms with E-state index in [0.29, 0.717) is 11.5 Å². The fourth-order valence-corrected chi connectivity index (χ4v) is 4.02. The summed E-state index contributed by atoms with van der Waals surface area (Å²) in [6, 6.07) is 11.2. The van der Waals surface area contributed by atoms with Gasteiger partial charge in [0.25, 0.3) is 0 Å². The molecule has 0 amide bonds. The topological polar surface area (TPSA) is 58.6 Å². The van der Waals surface area contributed by atoms with Crippen molar-refractivity contribution in [2.24, 2.45) is 0 Å². The van der Waals surface area contributed by atoms with Gasteiger partial charge >= 0.3 is 37.4 Å². The first kappa shape index (κ1) is 27.3. The summed E-state index contributed by atoms with van der Waals surface area (Å²) in [4.78, 5) is 12.8. The SMILES string of the molecule is CCc1ccc(OP(=O)([O-])Oc2ccc(CC)cc2C(C)(C)C)c(C(C)(C)C)c1.[Na+]. The van der Waals surface area contributed by atoms with Crippen LogP contribution in [0.3, 0.4) is 0 Å². The number of aryl methyl sites for hydroxylation is 2. The maximum atomic E-state index is 12.8. The number of rotatable bonds is 6. The summed E-state index contributed by atoms with van der Waals surface area (Å²) in [7, 11) is -4.63. The minimum absolute atomic E-state index is 0. The predicted molar refractivity (Wildman–Crippen MR) is 118 cm³/mol. The quantitative estimate of drug-likeness (QED) is 0.511. The molecule has 0 aromatic heterocycles. The molecule has 0 spiro atoms. The molecule has 4 nitrogen and oxygen atoms in total. The van der Waals surface area contributed by atoms with E-state index in [2.05, 4.69) is 13.8 Å². The standard InChI is InChI=1S/C24H35O4P.Na/c1-9-17-11-13-21(19(15-17)23(3,4)5)27-29(25,26)28-22-14-12-18(10-2)16-20(22)24(6,7)8;/h11-16H,9-10H2,1-8H3,(H,25,26);/q;+1/p-1. The molecule has 2 aromatic rings. The zero-order valence-electron chi connectivity index (χ0n) is 20.0. The number of benzene rings is 2. The minimum atomic E-state index is -4.63. The molecule has 0 saturated heterocycles. The van der Waals surface area contributed by atoms with Crippen LogP contribution in [-0.4, -0.2) is 0 Å². The monoisotopic (exact) mass is 440 g/mol. The van der Waals surface area contributed by atoms with Gasteiger partial charge in [0, 0.05) is 11.1 Å². The van der Waals surface area contributed by atoms with Crippen molar-refractivity contribution in [1.82, 2.24) is 0 Å². The maximum Gasteiger partial charge on any atom is 1.00 e. The zero-order chi connectivity index (χ0) is 22.0. The summed E-state index contributed by atoms with van der Waals surface area (Å²) in [6.07, 6.45) is 1.74. The van der Waals surface area contributed by atoms with Crippen molar-refractivity contribution in [2.75, 3.05) is 0 Å². The molecule has 30 heavy (non-hydrogen) atoms. The average Bonchev–Trinajstić information content (AvgIpc) is 2.59. The second-order valence-electron chi connectivity index (χ2n) is 9.50. The van der Waals surface area contributed by atoms with E-state index < -0.39 is 7.82 Å². The van der Waals surface area contributed by atoms with Gasteiger partial charge in [0.05, 0.1) is 0 Å². The molecule has 0 radical (unpaired) electrons. The Bertz CT molecular complexity index is 839. The van der Waals surface area contributed by atoms with Crippen LogP contribution in [0.25, 0.3) is 0 Å². The Hall–Kier alpha value is -0.770. The molecule has 0 aliphatic carbocycles. The first-order chi connectivity index (χ1) is 13.3. The van der Waals surface area contributed by atoms with Crippen LogP contribution in [-0.2, 0) is 28.2 Å². The van der Waals surface area contributed by atoms with Crippen LogP contribution >= 0.6 is 7.82 Å². The van der Waals surface area contributed by atoms with Crippen molar-refractivity contribution >= 4 is 7.82 Å². The first-order valence-corrected chi connectivity index (χ1v) is 11.7. The van der Waals surface area contributed by atoms with E-state index in [1.807, 2.05) is 65.8 Å². The van der Waals surface area contributed by atoms with Gasteiger partial charge in [-0.05, 0) is 46.9 Å². The molecule has 0 fully saturated rings. The molecule has 0 atom stereocenters. The third-order valence-electron chi connectivity index (χ3n) is 4.94. The predicted octanol–water partition coefficient (Wildman–Crippen LogP) is 3.34. The molecular formula is C24H34NaO4P. The summed E-state index contributed by atoms with van der Waals surface area (Å²) in [5.74, 6) is 0.631. The van der Waals surface area contributed by atoms with E-state index >= 15 is 0 Å². The molecule has 0 saturated carbocycles. The molecule has 160 valence electrons. The number of phosphoric acid groups is 1. The van der Waals surface area contributed by atoms with Crippen molar-refractivity contribution in [3.8, 4) is 11.5 Å². The molecule has 0 N–H and O–H groups in total. The normalized spacial score (nSPS) is 12.3. The third kappa shape index (κ3) is 7.14. The Kier molecular flexibility index (Phi) is 9.30. The van der Waals surface area contributed by atoms with Gasteiger partial charge in [-0.25, -0.2) is 4.57 Å². The summed E-state index contributed by atoms with van der Waals surface area (Å²) in [5.41, 5.74) is 3.42. The maximum absolute atomic E-state index is 12.8. The van der Waals surface area contributed by atoms with E-state index in [0.717, 1.165) is 35.1 Å². The molecule has 0 heterocycles. The number of hydrogen-bond donors (Lipinski definition) is 0. The Labute approximate surface area is 204 Å². The fourth-order valence-electron chi connectivity index (χ4n) is 3.19. The summed E-state index contributed by atoms with van der Waals surface area (Å²) < 4.78 is 23.7. The van der Waals surface area contributed by atoms with E-state index in [-0.39, 0.29) is 40.4 Å². The second-order valence-corrected chi connectivity index (χ2v) is 10.8. The molecule has 0 unspecified atom stereocenters. The Morgan fingerprint density at radius 2 is 1.10 bits per heavy atom. The molecule has 2 rings (SSSR count). The zero-order valence-corrected chi connectivity index (χ0v) is 22.9. The summed E-state index contributed by atoms with van der Waals surface area (Å²) >= 11 is 0. The van der Waals surface area contributed by atoms with E-state index in [1.165, 1.54) is 0 Å². The molecule has 2 aromatic carbocycles. The molecule has 0 aliphatic rings. The second kappa shape index (κ2) is 10.2. The van der Waals surface area contributed by atoms with E-state index in [9.17, 15) is 9.46 Å². The number of hydrogen-bond acceptors (Lipinski definition) is 4. The van der Waals surface area contributed by atoms with Crippen LogP contribution in [0.2, 0.25) is 0 Å². The van der Waals surface area contributed by atoms with Crippen LogP contribution in [0.1, 0.15) is 77.6 Å². The van der Waals surface area contributed by atoms with Gasteiger partial charge in [-0.3, -0.25) is 0 Å². The molecule has 0 bridgehead atoms. The average molecular weight is 440 g/mol. The largest absolute Gasteiger partial charge is 1.00 e. The smallest absolute Gasteiger partial charge is 0.736 e. The van der Waals surface area contributed by atoms with Crippen LogP contribution in [0.5, 0.6) is 11.5 Å². The van der Waals surface area contributed by atoms with Crippen LogP contribution < -0.4 is 43.5 Å². The summed E-state index contributed by atoms with van der Waals surface area (Å²) in [5, 5.41) is 0. The van der Waals surface area contributed by atoms with Crippen LogP contribution in [0.15, 0.2) is 36.4 Å². The molecule has 6 heteroatoms. The minimum Gasteiger partial charge on any atom is -0.736 e. The van der Waals surface area contributed by atoms with Gasteiger partial charge in [-0.15, -0.1) is 0 Å². The van der Waals surface area contributed by atoms with Crippen LogP contribution in [0.4, 0.5) is 0 Å². The van der Waals surface area contributed by atoms with Crippen molar-refractivity contribution < 1.29 is 48.1 Å². The Balaban J connectivity index is 0.00000450. The number of phosphoric ester groups is 1. The Morgan fingerprint density at radius 3 is 1.37 bits per heavy atom. The first-order valence-electron chi connectivity index (χ1n) is 10.2. The molecule has 0 aliphatic heterocycles. The van der Waals surface area contributed by atoms with Gasteiger partial charge in [-0.2, -0.15) is 0 Å². The van der Waals surface area contributed by atoms with Crippen LogP contribution in [0, 0.1) is 0 Å². The van der Waals surface area contributed by atoms with Gasteiger partial charge in [-0.1, -0.05) is 79.7 Å². The van der Waals surface area contributed by atoms with Gasteiger partial charge < -0.3 is 13.9 Å². The van der Waals surface area contributed by atoms with Gasteiger partial charge in [0.2, 0.25) is 0 Å². The van der Waals surface area contributed by atoms with Crippen molar-refractivity contribution in [2.45, 2.75) is 79.1 Å². The van der Waals surface area contributed by atoms with Gasteiger partial charge in [0.15, 0.2) is 0 Å². The van der Waals surface area contributed by atoms with Gasteiger partial charge in [0.1, 0.15) is 11.5 Å². The molecular weight excluding hydrogens is 406 g/mol. The van der Waals surface area contributed by atoms with Crippen molar-refractivity contribution in [1.29, 1.82) is 0 Å².